The van der Waals surface area contributed by atoms with Gasteiger partial charge in [0.05, 0.1) is 12.0 Å². The Bertz CT molecular complexity index is 986. The number of nitrogen functional groups attached to an aromatic ring is 1. The molecule has 2 aromatic rings. The molecule has 0 amide bonds. The quantitative estimate of drug-likeness (QED) is 0.203. The SMILES string of the molecule is CC.COC(=O)CCCC1=CC(C)(C)C=C1C.Cc1ccccc1N.Cc1ccccc1[N+](=O)[O-]. The minimum Gasteiger partial charge on any atom is -0.469 e. The molecule has 0 radical (unpaired) electrons. The number of carbonyl (C=O) groups excluding carboxylic acids is 1. The first-order valence-electron chi connectivity index (χ1n) is 12.0. The lowest BCUT2D eigenvalue weighted by Gasteiger charge is -2.09. The molecule has 1 aliphatic carbocycles. The lowest BCUT2D eigenvalue weighted by molar-refractivity contribution is -0.385. The number of allylic oxidation sites excluding steroid dienone is 4. The van der Waals surface area contributed by atoms with Crippen molar-refractivity contribution in [3.05, 3.63) is 93.1 Å². The van der Waals surface area contributed by atoms with Gasteiger partial charge in [-0.3, -0.25) is 14.9 Å². The van der Waals surface area contributed by atoms with Crippen LogP contribution in [0, 0.1) is 29.4 Å². The van der Waals surface area contributed by atoms with Crippen LogP contribution < -0.4 is 5.73 Å². The van der Waals surface area contributed by atoms with Gasteiger partial charge in [0.15, 0.2) is 0 Å². The maximum absolute atomic E-state index is 10.9. The van der Waals surface area contributed by atoms with Crippen molar-refractivity contribution in [1.82, 2.24) is 0 Å². The third-order valence-electron chi connectivity index (χ3n) is 5.20. The highest BCUT2D eigenvalue weighted by Crippen LogP contribution is 2.35. The van der Waals surface area contributed by atoms with E-state index in [2.05, 4.69) is 37.7 Å². The van der Waals surface area contributed by atoms with Crippen molar-refractivity contribution in [3.8, 4) is 0 Å². The van der Waals surface area contributed by atoms with Gasteiger partial charge in [-0.2, -0.15) is 0 Å². The van der Waals surface area contributed by atoms with Gasteiger partial charge < -0.3 is 10.5 Å². The Morgan fingerprint density at radius 1 is 0.971 bits per heavy atom. The van der Waals surface area contributed by atoms with E-state index < -0.39 is 0 Å². The number of anilines is 1. The summed E-state index contributed by atoms with van der Waals surface area (Å²) in [4.78, 5) is 20.8. The van der Waals surface area contributed by atoms with Crippen LogP contribution in [0.4, 0.5) is 11.4 Å². The van der Waals surface area contributed by atoms with E-state index in [1.54, 1.807) is 25.1 Å². The van der Waals surface area contributed by atoms with E-state index in [1.807, 2.05) is 45.0 Å². The van der Waals surface area contributed by atoms with Crippen molar-refractivity contribution in [3.63, 3.8) is 0 Å². The van der Waals surface area contributed by atoms with Crippen LogP contribution in [0.5, 0.6) is 0 Å². The average Bonchev–Trinajstić information content (AvgIpc) is 3.09. The smallest absolute Gasteiger partial charge is 0.305 e. The summed E-state index contributed by atoms with van der Waals surface area (Å²) in [5.41, 5.74) is 11.3. The maximum Gasteiger partial charge on any atom is 0.305 e. The predicted octanol–water partition coefficient (Wildman–Crippen LogP) is 7.75. The van der Waals surface area contributed by atoms with E-state index in [0.717, 1.165) is 24.1 Å². The number of rotatable bonds is 5. The minimum atomic E-state index is -0.380. The highest BCUT2D eigenvalue weighted by molar-refractivity contribution is 5.69. The van der Waals surface area contributed by atoms with E-state index in [4.69, 9.17) is 5.73 Å². The number of nitrogens with zero attached hydrogens (tertiary/aromatic N) is 1. The van der Waals surface area contributed by atoms with Gasteiger partial charge in [0, 0.05) is 29.2 Å². The first-order chi connectivity index (χ1) is 16.5. The van der Waals surface area contributed by atoms with Crippen LogP contribution in [0.15, 0.2) is 71.8 Å². The second-order valence-electron chi connectivity index (χ2n) is 8.65. The Kier molecular flexibility index (Phi) is 14.7. The summed E-state index contributed by atoms with van der Waals surface area (Å²) in [5, 5.41) is 10.2. The first kappa shape index (κ1) is 31.6. The summed E-state index contributed by atoms with van der Waals surface area (Å²) in [6, 6.07) is 14.5. The van der Waals surface area contributed by atoms with Crippen molar-refractivity contribution in [2.24, 2.45) is 5.41 Å². The summed E-state index contributed by atoms with van der Waals surface area (Å²) in [6.07, 6.45) is 6.93. The molecule has 0 bridgehead atoms. The average molecular weight is 483 g/mol. The Hall–Kier alpha value is -3.41. The highest BCUT2D eigenvalue weighted by atomic mass is 16.6. The van der Waals surface area contributed by atoms with Crippen LogP contribution in [-0.2, 0) is 9.53 Å². The number of nitro groups is 1. The number of ether oxygens (including phenoxy) is 1. The summed E-state index contributed by atoms with van der Waals surface area (Å²) in [6.45, 7) is 14.2. The zero-order valence-electron chi connectivity index (χ0n) is 22.6. The number of benzene rings is 2. The Morgan fingerprint density at radius 3 is 1.89 bits per heavy atom. The standard InChI is InChI=1S/C13H20O2.C7H7NO2.C7H9N.C2H6/c1-10-8-13(2,3)9-11(10)6-5-7-12(14)15-4;1-6-4-2-3-5-7(6)8(9)10;1-6-4-2-3-5-7(6)8;1-2/h8-9H,5-7H2,1-4H3;2-5H,1H3;2-5H,8H2,1H3;1-2H3. The second-order valence-corrected chi connectivity index (χ2v) is 8.65. The number of nitrogens with two attached hydrogens (primary N) is 1. The van der Waals surface area contributed by atoms with Gasteiger partial charge in [-0.1, -0.05) is 81.8 Å². The number of hydrogen-bond donors (Lipinski definition) is 1. The van der Waals surface area contributed by atoms with E-state index >= 15 is 0 Å². The van der Waals surface area contributed by atoms with Gasteiger partial charge in [-0.05, 0) is 50.8 Å². The van der Waals surface area contributed by atoms with Gasteiger partial charge in [-0.15, -0.1) is 0 Å². The normalized spacial score (nSPS) is 12.8. The number of methoxy groups -OCH3 is 1. The molecule has 2 N–H and O–H groups in total. The van der Waals surface area contributed by atoms with Crippen LogP contribution in [0.25, 0.3) is 0 Å². The van der Waals surface area contributed by atoms with Crippen molar-refractivity contribution in [2.45, 2.75) is 67.7 Å². The molecule has 1 aliphatic rings. The first-order valence-corrected chi connectivity index (χ1v) is 12.0. The topological polar surface area (TPSA) is 95.5 Å². The van der Waals surface area contributed by atoms with Gasteiger partial charge in [0.1, 0.15) is 0 Å². The second kappa shape index (κ2) is 16.3. The van der Waals surface area contributed by atoms with Crippen LogP contribution in [0.2, 0.25) is 0 Å². The van der Waals surface area contributed by atoms with Gasteiger partial charge in [-0.25, -0.2) is 0 Å². The molecule has 6 heteroatoms. The van der Waals surface area contributed by atoms with E-state index in [9.17, 15) is 14.9 Å². The molecular formula is C29H42N2O4. The number of nitro benzene ring substituents is 1. The molecule has 0 saturated heterocycles. The van der Waals surface area contributed by atoms with Crippen LogP contribution in [0.3, 0.4) is 0 Å². The third-order valence-corrected chi connectivity index (χ3v) is 5.20. The molecule has 0 spiro atoms. The molecule has 0 heterocycles. The minimum absolute atomic E-state index is 0.116. The Morgan fingerprint density at radius 2 is 1.51 bits per heavy atom. The van der Waals surface area contributed by atoms with Crippen LogP contribution >= 0.6 is 0 Å². The molecule has 0 saturated carbocycles. The van der Waals surface area contributed by atoms with Crippen molar-refractivity contribution in [1.29, 1.82) is 0 Å². The third kappa shape index (κ3) is 12.6. The molecule has 0 unspecified atom stereocenters. The maximum atomic E-state index is 10.9. The monoisotopic (exact) mass is 482 g/mol. The zero-order chi connectivity index (χ0) is 27.0. The van der Waals surface area contributed by atoms with Gasteiger partial charge in [0.2, 0.25) is 0 Å². The van der Waals surface area contributed by atoms with E-state index in [1.165, 1.54) is 24.3 Å². The van der Waals surface area contributed by atoms with E-state index in [-0.39, 0.29) is 22.0 Å². The molecule has 0 atom stereocenters. The number of aryl methyl sites for hydroxylation is 2. The van der Waals surface area contributed by atoms with Crippen LogP contribution in [-0.4, -0.2) is 18.0 Å². The van der Waals surface area contributed by atoms with Crippen LogP contribution in [0.1, 0.15) is 65.0 Å². The number of hydrogen-bond acceptors (Lipinski definition) is 5. The zero-order valence-corrected chi connectivity index (χ0v) is 22.6. The number of para-hydroxylation sites is 2. The Balaban J connectivity index is 0.000000502. The molecule has 6 nitrogen and oxygen atoms in total. The fourth-order valence-corrected chi connectivity index (χ4v) is 3.40. The molecule has 2 aromatic carbocycles. The number of esters is 1. The fraction of sp³-hybridized carbons (Fsp3) is 0.414. The molecule has 0 aromatic heterocycles. The highest BCUT2D eigenvalue weighted by Gasteiger charge is 2.20. The summed E-state index contributed by atoms with van der Waals surface area (Å²) >= 11 is 0. The molecule has 192 valence electrons. The number of carbonyl (C=O) groups is 1. The molecular weight excluding hydrogens is 440 g/mol. The largest absolute Gasteiger partial charge is 0.469 e. The predicted molar refractivity (Wildman–Crippen MR) is 146 cm³/mol. The van der Waals surface area contributed by atoms with Crippen molar-refractivity contribution < 1.29 is 14.5 Å². The molecule has 3 rings (SSSR count). The summed E-state index contributed by atoms with van der Waals surface area (Å²) in [7, 11) is 1.44. The lowest BCUT2D eigenvalue weighted by atomic mass is 9.96. The Labute approximate surface area is 211 Å². The van der Waals surface area contributed by atoms with Crippen molar-refractivity contribution in [2.75, 3.05) is 12.8 Å². The van der Waals surface area contributed by atoms with Gasteiger partial charge in [0.25, 0.3) is 5.69 Å². The lowest BCUT2D eigenvalue weighted by Crippen LogP contribution is -2.00. The van der Waals surface area contributed by atoms with Crippen molar-refractivity contribution >= 4 is 17.3 Å². The van der Waals surface area contributed by atoms with Gasteiger partial charge >= 0.3 is 5.97 Å². The molecule has 0 aliphatic heterocycles. The molecule has 0 fully saturated rings. The fourth-order valence-electron chi connectivity index (χ4n) is 3.40. The summed E-state index contributed by atoms with van der Waals surface area (Å²) in [5.74, 6) is -0.116. The summed E-state index contributed by atoms with van der Waals surface area (Å²) < 4.78 is 4.61. The molecule has 35 heavy (non-hydrogen) atoms. The van der Waals surface area contributed by atoms with E-state index in [0.29, 0.717) is 12.0 Å².